The predicted octanol–water partition coefficient (Wildman–Crippen LogP) is 3.60. The zero-order valence-corrected chi connectivity index (χ0v) is 13.6. The van der Waals surface area contributed by atoms with Gasteiger partial charge in [-0.25, -0.2) is 0 Å². The van der Waals surface area contributed by atoms with Crippen LogP contribution in [0.3, 0.4) is 0 Å². The zero-order valence-electron chi connectivity index (χ0n) is 13.6. The molecule has 0 unspecified atom stereocenters. The number of benzene rings is 3. The summed E-state index contributed by atoms with van der Waals surface area (Å²) < 4.78 is 0. The van der Waals surface area contributed by atoms with Crippen molar-refractivity contribution >= 4 is 23.2 Å². The maximum Gasteiger partial charge on any atom is 0.259 e. The first-order valence-electron chi connectivity index (χ1n) is 7.84. The maximum atomic E-state index is 12.4. The Labute approximate surface area is 149 Å². The van der Waals surface area contributed by atoms with Gasteiger partial charge in [-0.05, 0) is 36.4 Å². The largest absolute Gasteiger partial charge is 0.507 e. The summed E-state index contributed by atoms with van der Waals surface area (Å²) in [5.74, 6) is -1.29. The van der Waals surface area contributed by atoms with Crippen LogP contribution in [0.25, 0.3) is 0 Å². The summed E-state index contributed by atoms with van der Waals surface area (Å²) in [5.41, 5.74) is 0.970. The fourth-order valence-electron chi connectivity index (χ4n) is 2.41. The second-order valence-corrected chi connectivity index (χ2v) is 5.49. The smallest absolute Gasteiger partial charge is 0.259 e. The molecule has 130 valence electrons. The Morgan fingerprint density at radius 3 is 1.31 bits per heavy atom. The number of carbonyl (C=O) groups is 2. The van der Waals surface area contributed by atoms with Gasteiger partial charge in [-0.15, -0.1) is 0 Å². The van der Waals surface area contributed by atoms with Gasteiger partial charge in [-0.2, -0.15) is 0 Å². The summed E-state index contributed by atoms with van der Waals surface area (Å²) in [6.07, 6.45) is 0. The number of phenolic OH excluding ortho intramolecular Hbond substituents is 2. The van der Waals surface area contributed by atoms with Crippen molar-refractivity contribution in [2.45, 2.75) is 0 Å². The number of anilines is 2. The molecule has 3 rings (SSSR count). The molecule has 26 heavy (non-hydrogen) atoms. The zero-order chi connectivity index (χ0) is 18.5. The first-order chi connectivity index (χ1) is 12.6. The van der Waals surface area contributed by atoms with E-state index in [1.807, 2.05) is 0 Å². The first kappa shape index (κ1) is 17.0. The Kier molecular flexibility index (Phi) is 4.85. The number of hydrogen-bond acceptors (Lipinski definition) is 4. The van der Waals surface area contributed by atoms with Crippen LogP contribution in [-0.2, 0) is 0 Å². The van der Waals surface area contributed by atoms with E-state index in [1.165, 1.54) is 24.3 Å². The molecule has 4 N–H and O–H groups in total. The van der Waals surface area contributed by atoms with Crippen LogP contribution in [-0.4, -0.2) is 22.0 Å². The van der Waals surface area contributed by atoms with Crippen LogP contribution >= 0.6 is 0 Å². The lowest BCUT2D eigenvalue weighted by molar-refractivity contribution is 0.101. The van der Waals surface area contributed by atoms with E-state index in [9.17, 15) is 19.8 Å². The van der Waals surface area contributed by atoms with E-state index in [4.69, 9.17) is 0 Å². The highest BCUT2D eigenvalue weighted by Crippen LogP contribution is 2.25. The van der Waals surface area contributed by atoms with Gasteiger partial charge in [0.15, 0.2) is 0 Å². The van der Waals surface area contributed by atoms with Crippen LogP contribution < -0.4 is 10.6 Å². The number of nitrogens with one attached hydrogen (secondary N) is 2. The van der Waals surface area contributed by atoms with Gasteiger partial charge in [0.1, 0.15) is 11.5 Å². The van der Waals surface area contributed by atoms with E-state index in [-0.39, 0.29) is 22.6 Å². The van der Waals surface area contributed by atoms with Gasteiger partial charge < -0.3 is 20.8 Å². The lowest BCUT2D eigenvalue weighted by Gasteiger charge is -2.13. The summed E-state index contributed by atoms with van der Waals surface area (Å²) in [6, 6.07) is 19.0. The molecule has 0 aliphatic carbocycles. The normalized spacial score (nSPS) is 10.2. The number of para-hydroxylation sites is 4. The Balaban J connectivity index is 1.83. The van der Waals surface area contributed by atoms with Crippen LogP contribution in [0.1, 0.15) is 20.7 Å². The molecule has 0 saturated carbocycles. The number of rotatable bonds is 4. The number of hydrogen-bond donors (Lipinski definition) is 4. The third-order valence-electron chi connectivity index (χ3n) is 3.72. The highest BCUT2D eigenvalue weighted by Gasteiger charge is 2.15. The monoisotopic (exact) mass is 348 g/mol. The van der Waals surface area contributed by atoms with E-state index in [0.717, 1.165) is 0 Å². The molecule has 0 aliphatic rings. The molecular weight excluding hydrogens is 332 g/mol. The van der Waals surface area contributed by atoms with Crippen LogP contribution in [0.2, 0.25) is 0 Å². The number of amides is 2. The summed E-state index contributed by atoms with van der Waals surface area (Å²) in [5, 5.41) is 24.9. The van der Waals surface area contributed by atoms with E-state index in [1.54, 1.807) is 48.5 Å². The highest BCUT2D eigenvalue weighted by atomic mass is 16.3. The molecule has 6 heteroatoms. The summed E-state index contributed by atoms with van der Waals surface area (Å²) in [6.45, 7) is 0. The van der Waals surface area contributed by atoms with Crippen LogP contribution in [0.5, 0.6) is 11.5 Å². The van der Waals surface area contributed by atoms with E-state index >= 15 is 0 Å². The number of aromatic hydroxyl groups is 2. The third-order valence-corrected chi connectivity index (χ3v) is 3.72. The summed E-state index contributed by atoms with van der Waals surface area (Å²) in [7, 11) is 0. The highest BCUT2D eigenvalue weighted by molar-refractivity contribution is 6.11. The average Bonchev–Trinajstić information content (AvgIpc) is 2.64. The average molecular weight is 348 g/mol. The summed E-state index contributed by atoms with van der Waals surface area (Å²) in [4.78, 5) is 24.7. The molecule has 0 heterocycles. The molecule has 0 saturated heterocycles. The lowest BCUT2D eigenvalue weighted by atomic mass is 10.1. The Bertz CT molecular complexity index is 891. The second kappa shape index (κ2) is 7.40. The standard InChI is InChI=1S/C20H16N2O4/c23-17-11-5-1-7-13(17)19(25)21-15-9-3-4-10-16(15)22-20(26)14-8-2-6-12-18(14)24/h1-12,23-24H,(H,21,25)(H,22,26). The molecule has 0 radical (unpaired) electrons. The van der Waals surface area contributed by atoms with Crippen molar-refractivity contribution in [3.05, 3.63) is 83.9 Å². The minimum atomic E-state index is -0.507. The molecular formula is C20H16N2O4. The van der Waals surface area contributed by atoms with Crippen LogP contribution in [0.15, 0.2) is 72.8 Å². The van der Waals surface area contributed by atoms with Gasteiger partial charge in [0.25, 0.3) is 11.8 Å². The van der Waals surface area contributed by atoms with E-state index in [2.05, 4.69) is 10.6 Å². The number of carbonyl (C=O) groups excluding carboxylic acids is 2. The van der Waals surface area contributed by atoms with Crippen molar-refractivity contribution in [2.75, 3.05) is 10.6 Å². The SMILES string of the molecule is O=C(Nc1ccccc1NC(=O)c1ccccc1O)c1ccccc1O. The van der Waals surface area contributed by atoms with Crippen molar-refractivity contribution in [1.82, 2.24) is 0 Å². The quantitative estimate of drug-likeness (QED) is 0.579. The minimum absolute atomic E-state index is 0.120. The lowest BCUT2D eigenvalue weighted by Crippen LogP contribution is -2.17. The van der Waals surface area contributed by atoms with Crippen molar-refractivity contribution < 1.29 is 19.8 Å². The third kappa shape index (κ3) is 3.64. The molecule has 0 spiro atoms. The van der Waals surface area contributed by atoms with Crippen LogP contribution in [0.4, 0.5) is 11.4 Å². The Morgan fingerprint density at radius 1 is 0.577 bits per heavy atom. The van der Waals surface area contributed by atoms with E-state index in [0.29, 0.717) is 11.4 Å². The fourth-order valence-corrected chi connectivity index (χ4v) is 2.41. The second-order valence-electron chi connectivity index (χ2n) is 5.49. The molecule has 6 nitrogen and oxygen atoms in total. The molecule has 0 aromatic heterocycles. The molecule has 3 aromatic rings. The van der Waals surface area contributed by atoms with Crippen LogP contribution in [0, 0.1) is 0 Å². The first-order valence-corrected chi connectivity index (χ1v) is 7.84. The molecule has 0 fully saturated rings. The van der Waals surface area contributed by atoms with Gasteiger partial charge in [0.2, 0.25) is 0 Å². The topological polar surface area (TPSA) is 98.7 Å². The van der Waals surface area contributed by atoms with Gasteiger partial charge >= 0.3 is 0 Å². The minimum Gasteiger partial charge on any atom is -0.507 e. The number of phenols is 2. The Hall–Kier alpha value is -3.80. The molecule has 0 atom stereocenters. The van der Waals surface area contributed by atoms with E-state index < -0.39 is 11.8 Å². The fraction of sp³-hybridized carbons (Fsp3) is 0. The summed E-state index contributed by atoms with van der Waals surface area (Å²) >= 11 is 0. The molecule has 0 bridgehead atoms. The maximum absolute atomic E-state index is 12.4. The van der Waals surface area contributed by atoms with Crippen molar-refractivity contribution in [1.29, 1.82) is 0 Å². The van der Waals surface area contributed by atoms with Gasteiger partial charge in [0, 0.05) is 0 Å². The van der Waals surface area contributed by atoms with Gasteiger partial charge in [-0.3, -0.25) is 9.59 Å². The van der Waals surface area contributed by atoms with Crippen molar-refractivity contribution in [3.63, 3.8) is 0 Å². The Morgan fingerprint density at radius 2 is 0.923 bits per heavy atom. The predicted molar refractivity (Wildman–Crippen MR) is 98.6 cm³/mol. The molecule has 0 aliphatic heterocycles. The van der Waals surface area contributed by atoms with Crippen molar-refractivity contribution in [3.8, 4) is 11.5 Å². The molecule has 2 amide bonds. The van der Waals surface area contributed by atoms with Gasteiger partial charge in [0.05, 0.1) is 22.5 Å². The molecule has 3 aromatic carbocycles. The van der Waals surface area contributed by atoms with Crippen molar-refractivity contribution in [2.24, 2.45) is 0 Å². The van der Waals surface area contributed by atoms with Gasteiger partial charge in [-0.1, -0.05) is 36.4 Å².